The van der Waals surface area contributed by atoms with Crippen molar-refractivity contribution in [3.05, 3.63) is 12.2 Å². The Morgan fingerprint density at radius 2 is 1.75 bits per heavy atom. The molecular formula is C17H27IN4O2. The van der Waals surface area contributed by atoms with Crippen LogP contribution >= 0.6 is 24.0 Å². The van der Waals surface area contributed by atoms with E-state index in [1.54, 1.807) is 0 Å². The predicted octanol–water partition coefficient (Wildman–Crippen LogP) is 1.46. The molecule has 0 aromatic carbocycles. The molecule has 1 heterocycles. The highest BCUT2D eigenvalue weighted by molar-refractivity contribution is 14.0. The van der Waals surface area contributed by atoms with Crippen molar-refractivity contribution in [2.24, 2.45) is 34.4 Å². The molecule has 2 N–H and O–H groups in total. The number of guanidine groups is 1. The first-order valence-corrected chi connectivity index (χ1v) is 8.66. The van der Waals surface area contributed by atoms with E-state index in [9.17, 15) is 9.59 Å². The van der Waals surface area contributed by atoms with Crippen LogP contribution in [0, 0.1) is 23.7 Å². The molecule has 24 heavy (non-hydrogen) atoms. The molecular weight excluding hydrogens is 419 g/mol. The van der Waals surface area contributed by atoms with Crippen molar-refractivity contribution in [3.63, 3.8) is 0 Å². The van der Waals surface area contributed by atoms with Gasteiger partial charge in [0.25, 0.3) is 0 Å². The number of rotatable bonds is 6. The van der Waals surface area contributed by atoms with E-state index in [1.807, 2.05) is 18.7 Å². The fraction of sp³-hybridized carbons (Fsp3) is 0.706. The van der Waals surface area contributed by atoms with Gasteiger partial charge in [-0.3, -0.25) is 19.5 Å². The van der Waals surface area contributed by atoms with E-state index in [4.69, 9.17) is 5.73 Å². The molecule has 2 aliphatic carbocycles. The number of fused-ring (bicyclic) bond motifs is 5. The Kier molecular flexibility index (Phi) is 6.28. The second-order valence-electron chi connectivity index (χ2n) is 6.59. The Hall–Kier alpha value is -1.12. The summed E-state index contributed by atoms with van der Waals surface area (Å²) in [6.45, 7) is 6.73. The Morgan fingerprint density at radius 3 is 2.25 bits per heavy atom. The second kappa shape index (κ2) is 7.84. The van der Waals surface area contributed by atoms with Gasteiger partial charge in [-0.1, -0.05) is 12.2 Å². The minimum absolute atomic E-state index is 0. The smallest absolute Gasteiger partial charge is 0.233 e. The number of allylic oxidation sites excluding steroid dienone is 2. The Labute approximate surface area is 160 Å². The molecule has 6 nitrogen and oxygen atoms in total. The number of amides is 2. The van der Waals surface area contributed by atoms with E-state index in [0.717, 1.165) is 19.5 Å². The third kappa shape index (κ3) is 3.19. The highest BCUT2D eigenvalue weighted by atomic mass is 127. The summed E-state index contributed by atoms with van der Waals surface area (Å²) in [5, 5.41) is 0. The largest absolute Gasteiger partial charge is 0.370 e. The van der Waals surface area contributed by atoms with Crippen molar-refractivity contribution in [3.8, 4) is 0 Å². The summed E-state index contributed by atoms with van der Waals surface area (Å²) >= 11 is 0. The summed E-state index contributed by atoms with van der Waals surface area (Å²) in [4.78, 5) is 32.8. The quantitative estimate of drug-likeness (QED) is 0.167. The van der Waals surface area contributed by atoms with Crippen molar-refractivity contribution >= 4 is 41.8 Å². The second-order valence-corrected chi connectivity index (χ2v) is 6.59. The molecule has 134 valence electrons. The van der Waals surface area contributed by atoms with Crippen LogP contribution in [0.15, 0.2) is 17.1 Å². The zero-order valence-corrected chi connectivity index (χ0v) is 16.7. The lowest BCUT2D eigenvalue weighted by molar-refractivity contribution is -0.140. The van der Waals surface area contributed by atoms with E-state index in [-0.39, 0.29) is 59.5 Å². The van der Waals surface area contributed by atoms with Gasteiger partial charge in [0.15, 0.2) is 5.96 Å². The number of hydrogen-bond donors (Lipinski definition) is 1. The lowest BCUT2D eigenvalue weighted by Crippen LogP contribution is -2.37. The molecule has 4 unspecified atom stereocenters. The van der Waals surface area contributed by atoms with E-state index in [1.165, 1.54) is 4.90 Å². The summed E-state index contributed by atoms with van der Waals surface area (Å²) in [6, 6.07) is 0. The van der Waals surface area contributed by atoms with Crippen LogP contribution in [0.1, 0.15) is 26.7 Å². The number of carbonyl (C=O) groups is 2. The van der Waals surface area contributed by atoms with Crippen molar-refractivity contribution < 1.29 is 9.59 Å². The first kappa shape index (κ1) is 19.2. The Balaban J connectivity index is 0.00000208. The van der Waals surface area contributed by atoms with Crippen LogP contribution in [0.4, 0.5) is 0 Å². The van der Waals surface area contributed by atoms with Crippen molar-refractivity contribution in [1.82, 2.24) is 9.80 Å². The lowest BCUT2D eigenvalue weighted by atomic mass is 9.85. The third-order valence-corrected chi connectivity index (χ3v) is 5.46. The normalized spacial score (nSPS) is 30.8. The number of nitrogens with two attached hydrogens (primary N) is 1. The number of nitrogens with zero attached hydrogens (tertiary/aromatic N) is 3. The average Bonchev–Trinajstić information content (AvgIpc) is 3.21. The zero-order valence-electron chi connectivity index (χ0n) is 14.4. The summed E-state index contributed by atoms with van der Waals surface area (Å²) < 4.78 is 0. The van der Waals surface area contributed by atoms with Gasteiger partial charge in [0.2, 0.25) is 11.8 Å². The molecule has 0 aromatic heterocycles. The summed E-state index contributed by atoms with van der Waals surface area (Å²) in [7, 11) is 0. The monoisotopic (exact) mass is 446 g/mol. The van der Waals surface area contributed by atoms with Gasteiger partial charge in [-0.25, -0.2) is 0 Å². The molecule has 4 atom stereocenters. The first-order valence-electron chi connectivity index (χ1n) is 8.66. The number of hydrogen-bond acceptors (Lipinski definition) is 3. The molecule has 2 amide bonds. The number of carbonyl (C=O) groups excluding carboxylic acids is 2. The maximum absolute atomic E-state index is 12.5. The molecule has 1 saturated carbocycles. The topological polar surface area (TPSA) is 79.0 Å². The van der Waals surface area contributed by atoms with Crippen molar-refractivity contribution in [1.29, 1.82) is 0 Å². The Morgan fingerprint density at radius 1 is 1.21 bits per heavy atom. The van der Waals surface area contributed by atoms with E-state index in [2.05, 4.69) is 17.1 Å². The predicted molar refractivity (Wildman–Crippen MR) is 104 cm³/mol. The summed E-state index contributed by atoms with van der Waals surface area (Å²) in [5.74, 6) is 0.956. The summed E-state index contributed by atoms with van der Waals surface area (Å²) in [6.07, 6.45) is 5.89. The van der Waals surface area contributed by atoms with Crippen LogP contribution in [-0.2, 0) is 9.59 Å². The van der Waals surface area contributed by atoms with Gasteiger partial charge in [0.1, 0.15) is 0 Å². The SMILES string of the molecule is CCN(CC)C(N)=NCCCN1C(=O)C2C3C=CC(C3)C2C1=O.I. The standard InChI is InChI=1S/C17H26N4O2.HI/c1-3-20(4-2)17(18)19-8-5-9-21-15(22)13-11-6-7-12(10-11)14(13)16(21)23;/h6-7,11-14H,3-5,8-10H2,1-2H3,(H2,18,19);1H. The third-order valence-electron chi connectivity index (χ3n) is 5.46. The van der Waals surface area contributed by atoms with Gasteiger partial charge >= 0.3 is 0 Å². The minimum Gasteiger partial charge on any atom is -0.370 e. The molecule has 3 rings (SSSR count). The molecule has 0 aromatic rings. The van der Waals surface area contributed by atoms with Gasteiger partial charge in [-0.05, 0) is 38.5 Å². The summed E-state index contributed by atoms with van der Waals surface area (Å²) in [5.41, 5.74) is 5.93. The molecule has 2 fully saturated rings. The first-order chi connectivity index (χ1) is 11.1. The molecule has 1 saturated heterocycles. The van der Waals surface area contributed by atoms with Gasteiger partial charge in [-0.2, -0.15) is 0 Å². The van der Waals surface area contributed by atoms with Crippen LogP contribution in [0.3, 0.4) is 0 Å². The lowest BCUT2D eigenvalue weighted by Gasteiger charge is -2.20. The van der Waals surface area contributed by atoms with Crippen LogP contribution in [-0.4, -0.2) is 53.8 Å². The average molecular weight is 446 g/mol. The van der Waals surface area contributed by atoms with Gasteiger partial charge in [0, 0.05) is 26.2 Å². The maximum Gasteiger partial charge on any atom is 0.233 e. The number of likely N-dealkylation sites (tertiary alicyclic amines) is 1. The van der Waals surface area contributed by atoms with Gasteiger partial charge in [0.05, 0.1) is 11.8 Å². The fourth-order valence-corrected chi connectivity index (χ4v) is 4.25. The van der Waals surface area contributed by atoms with E-state index in [0.29, 0.717) is 25.5 Å². The van der Waals surface area contributed by atoms with Crippen LogP contribution < -0.4 is 5.73 Å². The number of aliphatic imine (C=N–C) groups is 1. The molecule has 7 heteroatoms. The number of imide groups is 1. The maximum atomic E-state index is 12.5. The van der Waals surface area contributed by atoms with Crippen molar-refractivity contribution in [2.45, 2.75) is 26.7 Å². The van der Waals surface area contributed by atoms with E-state index < -0.39 is 0 Å². The van der Waals surface area contributed by atoms with E-state index >= 15 is 0 Å². The molecule has 2 bridgehead atoms. The highest BCUT2D eigenvalue weighted by Gasteiger charge is 2.58. The van der Waals surface area contributed by atoms with Gasteiger partial charge in [-0.15, -0.1) is 24.0 Å². The molecule has 0 spiro atoms. The molecule has 0 radical (unpaired) electrons. The Bertz CT molecular complexity index is 529. The van der Waals surface area contributed by atoms with Crippen LogP contribution in [0.5, 0.6) is 0 Å². The molecule has 1 aliphatic heterocycles. The van der Waals surface area contributed by atoms with Gasteiger partial charge < -0.3 is 10.6 Å². The van der Waals surface area contributed by atoms with Crippen LogP contribution in [0.25, 0.3) is 0 Å². The highest BCUT2D eigenvalue weighted by Crippen LogP contribution is 2.52. The minimum atomic E-state index is -0.0956. The number of halogens is 1. The van der Waals surface area contributed by atoms with Crippen molar-refractivity contribution in [2.75, 3.05) is 26.2 Å². The fourth-order valence-electron chi connectivity index (χ4n) is 4.25. The zero-order chi connectivity index (χ0) is 16.6. The molecule has 3 aliphatic rings. The van der Waals surface area contributed by atoms with Crippen LogP contribution in [0.2, 0.25) is 0 Å².